The predicted octanol–water partition coefficient (Wildman–Crippen LogP) is 4.63. The van der Waals surface area contributed by atoms with E-state index in [1.165, 1.54) is 5.39 Å². The molecule has 0 fully saturated rings. The van der Waals surface area contributed by atoms with Crippen LogP contribution in [0, 0.1) is 0 Å². The molecule has 0 saturated heterocycles. The van der Waals surface area contributed by atoms with E-state index in [0.29, 0.717) is 12.6 Å². The Hall–Kier alpha value is -2.95. The Bertz CT molecular complexity index is 976. The molecule has 4 rings (SSSR count). The highest BCUT2D eigenvalue weighted by molar-refractivity contribution is 5.98. The van der Waals surface area contributed by atoms with Gasteiger partial charge < -0.3 is 19.5 Å². The van der Waals surface area contributed by atoms with Gasteiger partial charge in [-0.15, -0.1) is 0 Å². The molecular formula is C23H28N4O. The van der Waals surface area contributed by atoms with E-state index >= 15 is 0 Å². The van der Waals surface area contributed by atoms with Gasteiger partial charge in [-0.05, 0) is 37.6 Å². The van der Waals surface area contributed by atoms with Gasteiger partial charge in [-0.25, -0.2) is 4.98 Å². The normalized spacial score (nSPS) is 14.3. The molecule has 0 radical (unpaired) electrons. The monoisotopic (exact) mass is 376 g/mol. The first-order chi connectivity index (χ1) is 13.7. The second kappa shape index (κ2) is 7.97. The molecule has 0 atom stereocenters. The molecule has 1 N–H and O–H groups in total. The Morgan fingerprint density at radius 1 is 1.11 bits per heavy atom. The lowest BCUT2D eigenvalue weighted by Gasteiger charge is -2.33. The quantitative estimate of drug-likeness (QED) is 0.681. The van der Waals surface area contributed by atoms with Crippen molar-refractivity contribution in [2.75, 3.05) is 19.7 Å². The molecule has 146 valence electrons. The molecule has 2 heterocycles. The van der Waals surface area contributed by atoms with Crippen LogP contribution in [0.3, 0.4) is 0 Å². The first-order valence-corrected chi connectivity index (χ1v) is 10.0. The van der Waals surface area contributed by atoms with Crippen LogP contribution in [0.2, 0.25) is 0 Å². The number of H-pyrrole nitrogens is 1. The molecule has 5 heteroatoms. The number of ether oxygens (including phenoxy) is 1. The summed E-state index contributed by atoms with van der Waals surface area (Å²) in [7, 11) is 0. The molecule has 1 aliphatic rings. The number of imidazole rings is 1. The number of nitrogens with zero attached hydrogens (tertiary/aromatic N) is 3. The van der Waals surface area contributed by atoms with E-state index in [1.807, 2.05) is 19.2 Å². The van der Waals surface area contributed by atoms with Crippen LogP contribution in [0.1, 0.15) is 26.5 Å². The summed E-state index contributed by atoms with van der Waals surface area (Å²) in [6.45, 7) is 9.97. The van der Waals surface area contributed by atoms with Crippen LogP contribution >= 0.6 is 0 Å². The van der Waals surface area contributed by atoms with Crippen LogP contribution in [-0.2, 0) is 6.54 Å². The van der Waals surface area contributed by atoms with Gasteiger partial charge in [0.2, 0.25) is 0 Å². The zero-order chi connectivity index (χ0) is 19.5. The Morgan fingerprint density at radius 3 is 2.71 bits per heavy atom. The average molecular weight is 377 g/mol. The van der Waals surface area contributed by atoms with Crippen molar-refractivity contribution in [3.8, 4) is 17.1 Å². The minimum Gasteiger partial charge on any atom is -0.493 e. The third-order valence-electron chi connectivity index (χ3n) is 5.21. The summed E-state index contributed by atoms with van der Waals surface area (Å²) in [6.07, 6.45) is 6.30. The summed E-state index contributed by atoms with van der Waals surface area (Å²) in [4.78, 5) is 12.9. The minimum absolute atomic E-state index is 0.542. The number of fused-ring (bicyclic) bond motifs is 1. The fourth-order valence-corrected chi connectivity index (χ4v) is 3.69. The highest BCUT2D eigenvalue weighted by Gasteiger charge is 2.16. The van der Waals surface area contributed by atoms with E-state index in [-0.39, 0.29) is 0 Å². The Balaban J connectivity index is 1.61. The number of aromatic amines is 1. The number of benzene rings is 2. The summed E-state index contributed by atoms with van der Waals surface area (Å²) in [6, 6.07) is 13.1. The second-order valence-electron chi connectivity index (χ2n) is 7.45. The Labute approximate surface area is 166 Å². The standard InChI is InChI=1S/C23H28N4O/c1-4-28-21-10-9-18-7-5-6-8-20(18)22(21)23-24-15-19(25-23)16-26-11-13-27(14-12-26)17(2)3/h5-11,13,15,17H,4,12,14,16H2,1-3H3,(H,24,25). The van der Waals surface area contributed by atoms with Gasteiger partial charge in [-0.1, -0.05) is 30.3 Å². The molecule has 2 aromatic carbocycles. The van der Waals surface area contributed by atoms with E-state index in [0.717, 1.165) is 47.9 Å². The van der Waals surface area contributed by atoms with Gasteiger partial charge >= 0.3 is 0 Å². The van der Waals surface area contributed by atoms with Crippen LogP contribution < -0.4 is 4.74 Å². The van der Waals surface area contributed by atoms with Crippen molar-refractivity contribution in [1.82, 2.24) is 19.8 Å². The molecule has 1 aromatic heterocycles. The lowest BCUT2D eigenvalue weighted by atomic mass is 10.0. The number of aromatic nitrogens is 2. The highest BCUT2D eigenvalue weighted by Crippen LogP contribution is 2.35. The molecular weight excluding hydrogens is 348 g/mol. The summed E-state index contributed by atoms with van der Waals surface area (Å²) < 4.78 is 5.91. The van der Waals surface area contributed by atoms with Crippen molar-refractivity contribution in [2.24, 2.45) is 0 Å². The molecule has 0 bridgehead atoms. The third-order valence-corrected chi connectivity index (χ3v) is 5.21. The largest absolute Gasteiger partial charge is 0.493 e. The van der Waals surface area contributed by atoms with Crippen molar-refractivity contribution >= 4 is 10.8 Å². The topological polar surface area (TPSA) is 44.4 Å². The summed E-state index contributed by atoms with van der Waals surface area (Å²) in [5.74, 6) is 1.73. The molecule has 1 aliphatic heterocycles. The smallest absolute Gasteiger partial charge is 0.141 e. The van der Waals surface area contributed by atoms with Crippen molar-refractivity contribution in [2.45, 2.75) is 33.4 Å². The molecule has 0 unspecified atom stereocenters. The van der Waals surface area contributed by atoms with Crippen molar-refractivity contribution in [3.63, 3.8) is 0 Å². The summed E-state index contributed by atoms with van der Waals surface area (Å²) >= 11 is 0. The lowest BCUT2D eigenvalue weighted by Crippen LogP contribution is -2.37. The van der Waals surface area contributed by atoms with Crippen LogP contribution in [0.5, 0.6) is 5.75 Å². The third kappa shape index (κ3) is 3.70. The molecule has 28 heavy (non-hydrogen) atoms. The second-order valence-corrected chi connectivity index (χ2v) is 7.45. The fraction of sp³-hybridized carbons (Fsp3) is 0.348. The number of hydrogen-bond donors (Lipinski definition) is 1. The Kier molecular flexibility index (Phi) is 5.24. The summed E-state index contributed by atoms with van der Waals surface area (Å²) in [5.41, 5.74) is 2.14. The zero-order valence-corrected chi connectivity index (χ0v) is 16.9. The van der Waals surface area contributed by atoms with Gasteiger partial charge in [0.25, 0.3) is 0 Å². The van der Waals surface area contributed by atoms with Crippen LogP contribution in [-0.4, -0.2) is 45.5 Å². The molecule has 5 nitrogen and oxygen atoms in total. The maximum Gasteiger partial charge on any atom is 0.141 e. The van der Waals surface area contributed by atoms with Gasteiger partial charge in [0.15, 0.2) is 0 Å². The number of rotatable bonds is 6. The van der Waals surface area contributed by atoms with Gasteiger partial charge in [-0.2, -0.15) is 0 Å². The zero-order valence-electron chi connectivity index (χ0n) is 16.9. The van der Waals surface area contributed by atoms with Gasteiger partial charge in [-0.3, -0.25) is 0 Å². The Morgan fingerprint density at radius 2 is 1.96 bits per heavy atom. The molecule has 0 spiro atoms. The van der Waals surface area contributed by atoms with Crippen molar-refractivity contribution in [3.05, 3.63) is 60.7 Å². The highest BCUT2D eigenvalue weighted by atomic mass is 16.5. The van der Waals surface area contributed by atoms with Gasteiger partial charge in [0.05, 0.1) is 30.6 Å². The maximum atomic E-state index is 5.91. The van der Waals surface area contributed by atoms with Crippen LogP contribution in [0.4, 0.5) is 0 Å². The lowest BCUT2D eigenvalue weighted by molar-refractivity contribution is 0.225. The molecule has 0 amide bonds. The average Bonchev–Trinajstić information content (AvgIpc) is 3.16. The SMILES string of the molecule is CCOc1ccc2ccccc2c1-c1ncc(CN2C=CN(C(C)C)CC2)[nH]1. The minimum atomic E-state index is 0.542. The maximum absolute atomic E-state index is 5.91. The van der Waals surface area contributed by atoms with Crippen molar-refractivity contribution in [1.29, 1.82) is 0 Å². The first kappa shape index (κ1) is 18.4. The van der Waals surface area contributed by atoms with Gasteiger partial charge in [0.1, 0.15) is 11.6 Å². The molecule has 0 aliphatic carbocycles. The van der Waals surface area contributed by atoms with E-state index in [2.05, 4.69) is 71.4 Å². The van der Waals surface area contributed by atoms with Crippen LogP contribution in [0.25, 0.3) is 22.2 Å². The van der Waals surface area contributed by atoms with E-state index in [1.54, 1.807) is 0 Å². The van der Waals surface area contributed by atoms with Crippen LogP contribution in [0.15, 0.2) is 55.0 Å². The fourth-order valence-electron chi connectivity index (χ4n) is 3.69. The molecule has 3 aromatic rings. The van der Waals surface area contributed by atoms with Gasteiger partial charge in [0, 0.05) is 31.5 Å². The number of hydrogen-bond acceptors (Lipinski definition) is 4. The first-order valence-electron chi connectivity index (χ1n) is 10.0. The van der Waals surface area contributed by atoms with E-state index < -0.39 is 0 Å². The predicted molar refractivity (Wildman–Crippen MR) is 114 cm³/mol. The van der Waals surface area contributed by atoms with E-state index in [9.17, 15) is 0 Å². The van der Waals surface area contributed by atoms with Crippen molar-refractivity contribution < 1.29 is 4.74 Å². The number of nitrogens with one attached hydrogen (secondary N) is 1. The molecule has 0 saturated carbocycles. The van der Waals surface area contributed by atoms with E-state index in [4.69, 9.17) is 9.72 Å². The summed E-state index contributed by atoms with van der Waals surface area (Å²) in [5, 5.41) is 2.34.